The van der Waals surface area contributed by atoms with E-state index >= 15 is 0 Å². The monoisotopic (exact) mass is 405 g/mol. The van der Waals surface area contributed by atoms with Crippen molar-refractivity contribution in [2.45, 2.75) is 6.92 Å². The molecule has 1 aromatic heterocycles. The van der Waals surface area contributed by atoms with Crippen LogP contribution in [-0.4, -0.2) is 26.5 Å². The third-order valence-corrected chi connectivity index (χ3v) is 4.55. The van der Waals surface area contributed by atoms with E-state index in [1.807, 2.05) is 19.1 Å². The summed E-state index contributed by atoms with van der Waals surface area (Å²) in [6, 6.07) is 5.63. The fourth-order valence-corrected chi connectivity index (χ4v) is 3.76. The van der Waals surface area contributed by atoms with Crippen molar-refractivity contribution < 1.29 is 17.5 Å². The first-order valence-electron chi connectivity index (χ1n) is 5.89. The Labute approximate surface area is 139 Å². The van der Waals surface area contributed by atoms with Gasteiger partial charge in [-0.1, -0.05) is 15.9 Å². The molecular weight excluding hydrogens is 394 g/mol. The molecule has 0 fully saturated rings. The first-order chi connectivity index (χ1) is 10.2. The van der Waals surface area contributed by atoms with Crippen molar-refractivity contribution in [1.29, 1.82) is 0 Å². The fourth-order valence-electron chi connectivity index (χ4n) is 1.65. The minimum atomic E-state index is -3.77. The number of benzene rings is 1. The minimum Gasteiger partial charge on any atom is -0.367 e. The zero-order chi connectivity index (χ0) is 16.5. The summed E-state index contributed by atoms with van der Waals surface area (Å²) in [5, 5.41) is 6.28. The van der Waals surface area contributed by atoms with Gasteiger partial charge >= 0.3 is 10.1 Å². The minimum absolute atomic E-state index is 0.416. The van der Waals surface area contributed by atoms with Gasteiger partial charge in [0, 0.05) is 14.6 Å². The first-order valence-corrected chi connectivity index (χ1v) is 9.31. The molecule has 7 nitrogen and oxygen atoms in total. The summed E-state index contributed by atoms with van der Waals surface area (Å²) < 4.78 is 27.5. The quantitative estimate of drug-likeness (QED) is 0.460. The van der Waals surface area contributed by atoms with E-state index in [2.05, 4.69) is 30.7 Å². The van der Waals surface area contributed by atoms with Crippen molar-refractivity contribution in [2.24, 2.45) is 10.9 Å². The summed E-state index contributed by atoms with van der Waals surface area (Å²) in [5.74, 6) is -0.938. The Balaban J connectivity index is 2.21. The maximum Gasteiger partial charge on any atom is 0.325 e. The molecule has 10 heteroatoms. The average molecular weight is 406 g/mol. The van der Waals surface area contributed by atoms with Crippen LogP contribution in [0.1, 0.15) is 15.2 Å². The molecular formula is C12H12BrN3O4S2. The van der Waals surface area contributed by atoms with Gasteiger partial charge in [-0.05, 0) is 35.8 Å². The van der Waals surface area contributed by atoms with E-state index in [0.717, 1.165) is 26.4 Å². The number of nitrogens with two attached hydrogens (primary N) is 1. The number of nitrogens with one attached hydrogen (secondary N) is 1. The number of nitrogens with zero attached hydrogens (tertiary/aromatic N) is 1. The number of hydrogen-bond acceptors (Lipinski definition) is 6. The highest BCUT2D eigenvalue weighted by molar-refractivity contribution is 9.10. The van der Waals surface area contributed by atoms with Crippen molar-refractivity contribution in [1.82, 2.24) is 5.32 Å². The van der Waals surface area contributed by atoms with Crippen LogP contribution in [0.3, 0.4) is 0 Å². The number of aryl methyl sites for hydroxylation is 1. The zero-order valence-corrected chi connectivity index (χ0v) is 14.8. The van der Waals surface area contributed by atoms with E-state index in [1.54, 1.807) is 6.07 Å². The van der Waals surface area contributed by atoms with Crippen LogP contribution in [0.2, 0.25) is 0 Å². The standard InChI is InChI=1S/C12H12BrN3O4S2/c1-6-3-8(13)7-5-10(21-9(7)4-6)11(17)15-12(14)16-20-22(2,18)19/h3-5H,1-2H3,(H3,14,15,16,17). The van der Waals surface area contributed by atoms with Gasteiger partial charge in [-0.15, -0.1) is 11.3 Å². The Morgan fingerprint density at radius 1 is 1.41 bits per heavy atom. The lowest BCUT2D eigenvalue weighted by atomic mass is 10.2. The molecule has 2 rings (SSSR count). The van der Waals surface area contributed by atoms with E-state index in [9.17, 15) is 13.2 Å². The smallest absolute Gasteiger partial charge is 0.325 e. The fraction of sp³-hybridized carbons (Fsp3) is 0.167. The second-order valence-corrected chi connectivity index (χ2v) is 7.97. The SMILES string of the molecule is Cc1cc(Br)c2cc(C(=O)NC(N)=NOS(C)(=O)=O)sc2c1. The van der Waals surface area contributed by atoms with Crippen molar-refractivity contribution in [2.75, 3.05) is 6.26 Å². The molecule has 1 aromatic carbocycles. The number of thiophene rings is 1. The molecule has 118 valence electrons. The van der Waals surface area contributed by atoms with Crippen molar-refractivity contribution >= 4 is 59.3 Å². The summed E-state index contributed by atoms with van der Waals surface area (Å²) in [5.41, 5.74) is 6.46. The predicted molar refractivity (Wildman–Crippen MR) is 89.3 cm³/mol. The topological polar surface area (TPSA) is 111 Å². The van der Waals surface area contributed by atoms with Crippen molar-refractivity contribution in [3.05, 3.63) is 33.1 Å². The van der Waals surface area contributed by atoms with E-state index in [1.165, 1.54) is 11.3 Å². The first kappa shape index (κ1) is 16.7. The second kappa shape index (κ2) is 6.23. The highest BCUT2D eigenvalue weighted by atomic mass is 79.9. The molecule has 3 N–H and O–H groups in total. The van der Waals surface area contributed by atoms with Crippen molar-refractivity contribution in [3.63, 3.8) is 0 Å². The highest BCUT2D eigenvalue weighted by Gasteiger charge is 2.14. The Morgan fingerprint density at radius 3 is 2.73 bits per heavy atom. The lowest BCUT2D eigenvalue weighted by molar-refractivity contribution is 0.0979. The summed E-state index contributed by atoms with van der Waals surface area (Å²) in [6.07, 6.45) is 0.817. The van der Waals surface area contributed by atoms with E-state index in [0.29, 0.717) is 4.88 Å². The number of guanidine groups is 1. The molecule has 0 aliphatic carbocycles. The Morgan fingerprint density at radius 2 is 2.09 bits per heavy atom. The molecule has 1 heterocycles. The summed E-state index contributed by atoms with van der Waals surface area (Å²) in [7, 11) is -3.77. The molecule has 0 spiro atoms. The van der Waals surface area contributed by atoms with Crippen LogP contribution in [0.5, 0.6) is 0 Å². The van der Waals surface area contributed by atoms with Crippen LogP contribution in [0.15, 0.2) is 27.8 Å². The van der Waals surface area contributed by atoms with Crippen molar-refractivity contribution in [3.8, 4) is 0 Å². The van der Waals surface area contributed by atoms with Gasteiger partial charge in [-0.2, -0.15) is 8.42 Å². The molecule has 0 saturated carbocycles. The molecule has 0 saturated heterocycles. The third kappa shape index (κ3) is 4.18. The number of carbonyl (C=O) groups is 1. The van der Waals surface area contributed by atoms with Gasteiger partial charge in [0.05, 0.1) is 11.1 Å². The molecule has 0 aliphatic heterocycles. The van der Waals surface area contributed by atoms with Gasteiger partial charge in [-0.3, -0.25) is 14.4 Å². The molecule has 0 radical (unpaired) electrons. The maximum absolute atomic E-state index is 12.1. The van der Waals surface area contributed by atoms with Crippen LogP contribution in [-0.2, 0) is 14.4 Å². The Kier molecular flexibility index (Phi) is 4.73. The number of amides is 1. The molecule has 0 bridgehead atoms. The van der Waals surface area contributed by atoms with E-state index < -0.39 is 22.0 Å². The number of rotatable bonds is 3. The maximum atomic E-state index is 12.1. The normalized spacial score (nSPS) is 12.4. The van der Waals surface area contributed by atoms with E-state index in [-0.39, 0.29) is 0 Å². The second-order valence-electron chi connectivity index (χ2n) is 4.48. The molecule has 1 amide bonds. The molecule has 0 atom stereocenters. The number of carbonyl (C=O) groups excluding carboxylic acids is 1. The van der Waals surface area contributed by atoms with Crippen LogP contribution >= 0.6 is 27.3 Å². The van der Waals surface area contributed by atoms with Crippen LogP contribution in [0.4, 0.5) is 0 Å². The number of hydrogen-bond donors (Lipinski definition) is 2. The predicted octanol–water partition coefficient (Wildman–Crippen LogP) is 1.91. The van der Waals surface area contributed by atoms with Gasteiger partial charge in [0.2, 0.25) is 5.96 Å². The zero-order valence-electron chi connectivity index (χ0n) is 11.6. The summed E-state index contributed by atoms with van der Waals surface area (Å²) in [4.78, 5) is 12.5. The van der Waals surface area contributed by atoms with Gasteiger partial charge in [-0.25, -0.2) is 0 Å². The van der Waals surface area contributed by atoms with Crippen LogP contribution in [0.25, 0.3) is 10.1 Å². The molecule has 0 unspecified atom stereocenters. The van der Waals surface area contributed by atoms with E-state index in [4.69, 9.17) is 5.73 Å². The number of fused-ring (bicyclic) bond motifs is 1. The molecule has 0 aliphatic rings. The van der Waals surface area contributed by atoms with Gasteiger partial charge in [0.25, 0.3) is 5.91 Å². The summed E-state index contributed by atoms with van der Waals surface area (Å²) in [6.45, 7) is 1.96. The van der Waals surface area contributed by atoms with Crippen LogP contribution in [0, 0.1) is 6.92 Å². The van der Waals surface area contributed by atoms with Gasteiger partial charge in [0.1, 0.15) is 0 Å². The average Bonchev–Trinajstić information content (AvgIpc) is 2.79. The highest BCUT2D eigenvalue weighted by Crippen LogP contribution is 2.32. The van der Waals surface area contributed by atoms with Gasteiger partial charge < -0.3 is 5.73 Å². The summed E-state index contributed by atoms with van der Waals surface area (Å²) >= 11 is 4.74. The lowest BCUT2D eigenvalue weighted by Gasteiger charge is -2.01. The largest absolute Gasteiger partial charge is 0.367 e. The van der Waals surface area contributed by atoms with Crippen LogP contribution < -0.4 is 11.1 Å². The molecule has 22 heavy (non-hydrogen) atoms. The Hall–Kier alpha value is -1.65. The van der Waals surface area contributed by atoms with Gasteiger partial charge in [0.15, 0.2) is 0 Å². The third-order valence-electron chi connectivity index (χ3n) is 2.47. The number of halogens is 1. The Bertz CT molecular complexity index is 874. The number of oxime groups is 1. The molecule has 2 aromatic rings. The lowest BCUT2D eigenvalue weighted by Crippen LogP contribution is -2.36.